The van der Waals surface area contributed by atoms with Gasteiger partial charge in [-0.1, -0.05) is 0 Å². The summed E-state index contributed by atoms with van der Waals surface area (Å²) in [7, 11) is 0. The monoisotopic (exact) mass is 278 g/mol. The number of nitrogens with one attached hydrogen (secondary N) is 2. The summed E-state index contributed by atoms with van der Waals surface area (Å²) in [6.45, 7) is 5.63. The maximum absolute atomic E-state index is 11.7. The minimum atomic E-state index is -0.328. The van der Waals surface area contributed by atoms with Gasteiger partial charge in [0.2, 0.25) is 0 Å². The zero-order chi connectivity index (χ0) is 14.5. The van der Waals surface area contributed by atoms with Gasteiger partial charge in [0.15, 0.2) is 0 Å². The highest BCUT2D eigenvalue weighted by molar-refractivity contribution is 5.90. The van der Waals surface area contributed by atoms with Crippen molar-refractivity contribution in [3.63, 3.8) is 0 Å². The molecule has 2 amide bonds. The molecular weight excluding hydrogens is 256 g/mol. The maximum atomic E-state index is 11.7. The number of aliphatic hydroxyl groups excluding tert-OH is 1. The van der Waals surface area contributed by atoms with Crippen molar-refractivity contribution < 1.29 is 9.90 Å². The van der Waals surface area contributed by atoms with Gasteiger partial charge in [0, 0.05) is 13.1 Å². The first-order chi connectivity index (χ1) is 9.60. The molecule has 0 aliphatic carbocycles. The molecule has 2 rings (SSSR count). The average molecular weight is 278 g/mol. The van der Waals surface area contributed by atoms with Crippen LogP contribution in [0.25, 0.3) is 0 Å². The average Bonchev–Trinajstić information content (AvgIpc) is 2.94. The number of aromatic nitrogens is 1. The van der Waals surface area contributed by atoms with Crippen LogP contribution in [-0.4, -0.2) is 41.9 Å². The molecule has 1 aromatic rings. The molecule has 0 aromatic carbocycles. The minimum absolute atomic E-state index is 0.0848. The Bertz CT molecular complexity index is 472. The fourth-order valence-corrected chi connectivity index (χ4v) is 2.23. The van der Waals surface area contributed by atoms with Crippen LogP contribution >= 0.6 is 0 Å². The maximum Gasteiger partial charge on any atom is 0.319 e. The summed E-state index contributed by atoms with van der Waals surface area (Å²) >= 11 is 0. The van der Waals surface area contributed by atoms with E-state index in [-0.39, 0.29) is 18.7 Å². The molecule has 20 heavy (non-hydrogen) atoms. The molecule has 0 radical (unpaired) electrons. The molecule has 1 saturated heterocycles. The van der Waals surface area contributed by atoms with Gasteiger partial charge in [0.1, 0.15) is 5.82 Å². The number of rotatable bonds is 4. The molecule has 0 spiro atoms. The predicted molar refractivity (Wildman–Crippen MR) is 79.1 cm³/mol. The zero-order valence-electron chi connectivity index (χ0n) is 12.0. The minimum Gasteiger partial charge on any atom is -0.394 e. The largest absolute Gasteiger partial charge is 0.394 e. The summed E-state index contributed by atoms with van der Waals surface area (Å²) in [5.74, 6) is 0.967. The summed E-state index contributed by atoms with van der Waals surface area (Å²) in [6, 6.07) is 3.21. The Kier molecular flexibility index (Phi) is 4.79. The van der Waals surface area contributed by atoms with Crippen LogP contribution in [0.4, 0.5) is 16.3 Å². The second kappa shape index (κ2) is 6.56. The van der Waals surface area contributed by atoms with Gasteiger partial charge in [0.05, 0.1) is 24.0 Å². The smallest absolute Gasteiger partial charge is 0.319 e. The molecule has 2 heterocycles. The van der Waals surface area contributed by atoms with Gasteiger partial charge in [-0.3, -0.25) is 0 Å². The van der Waals surface area contributed by atoms with Gasteiger partial charge in [-0.2, -0.15) is 0 Å². The highest BCUT2D eigenvalue weighted by atomic mass is 16.3. The first kappa shape index (κ1) is 14.6. The number of urea groups is 1. The number of hydrogen-bond acceptors (Lipinski definition) is 4. The van der Waals surface area contributed by atoms with E-state index in [1.807, 2.05) is 19.1 Å². The Balaban J connectivity index is 2.00. The predicted octanol–water partition coefficient (Wildman–Crippen LogP) is 1.49. The fraction of sp³-hybridized carbons (Fsp3) is 0.571. The Morgan fingerprint density at radius 3 is 2.75 bits per heavy atom. The molecule has 6 heteroatoms. The van der Waals surface area contributed by atoms with Crippen molar-refractivity contribution in [1.29, 1.82) is 0 Å². The van der Waals surface area contributed by atoms with Gasteiger partial charge in [-0.15, -0.1) is 0 Å². The lowest BCUT2D eigenvalue weighted by Gasteiger charge is -2.18. The Morgan fingerprint density at radius 1 is 1.45 bits per heavy atom. The SMILES string of the molecule is Cc1nc(N2CCCC2)ccc1NC(=O)N[C@@H](C)CO. The Morgan fingerprint density at radius 2 is 2.15 bits per heavy atom. The molecule has 6 nitrogen and oxygen atoms in total. The van der Waals surface area contributed by atoms with Crippen LogP contribution in [-0.2, 0) is 0 Å². The quantitative estimate of drug-likeness (QED) is 0.780. The van der Waals surface area contributed by atoms with Crippen LogP contribution in [0.5, 0.6) is 0 Å². The first-order valence-electron chi connectivity index (χ1n) is 7.01. The van der Waals surface area contributed by atoms with Gasteiger partial charge < -0.3 is 20.6 Å². The van der Waals surface area contributed by atoms with Crippen molar-refractivity contribution in [1.82, 2.24) is 10.3 Å². The number of carbonyl (C=O) groups excluding carboxylic acids is 1. The van der Waals surface area contributed by atoms with Gasteiger partial charge in [-0.25, -0.2) is 9.78 Å². The second-order valence-electron chi connectivity index (χ2n) is 5.18. The molecule has 0 saturated carbocycles. The molecule has 1 fully saturated rings. The van der Waals surface area contributed by atoms with Crippen molar-refractivity contribution >= 4 is 17.5 Å². The van der Waals surface area contributed by atoms with E-state index in [1.54, 1.807) is 6.92 Å². The van der Waals surface area contributed by atoms with E-state index in [2.05, 4.69) is 20.5 Å². The third-order valence-corrected chi connectivity index (χ3v) is 3.40. The number of aryl methyl sites for hydroxylation is 1. The molecule has 1 aliphatic rings. The normalized spacial score (nSPS) is 16.1. The van der Waals surface area contributed by atoms with Crippen molar-refractivity contribution in [3.05, 3.63) is 17.8 Å². The Labute approximate surface area is 119 Å². The summed E-state index contributed by atoms with van der Waals surface area (Å²) in [4.78, 5) is 18.5. The van der Waals surface area contributed by atoms with Crippen molar-refractivity contribution in [2.75, 3.05) is 29.9 Å². The summed E-state index contributed by atoms with van der Waals surface area (Å²) in [5.41, 5.74) is 1.48. The lowest BCUT2D eigenvalue weighted by molar-refractivity contribution is 0.229. The van der Waals surface area contributed by atoms with E-state index in [1.165, 1.54) is 12.8 Å². The molecule has 110 valence electrons. The molecule has 1 aromatic heterocycles. The third-order valence-electron chi connectivity index (χ3n) is 3.40. The second-order valence-corrected chi connectivity index (χ2v) is 5.18. The summed E-state index contributed by atoms with van der Waals surface area (Å²) in [6.07, 6.45) is 2.42. The number of carbonyl (C=O) groups is 1. The molecule has 3 N–H and O–H groups in total. The molecular formula is C14H22N4O2. The van der Waals surface area contributed by atoms with E-state index in [9.17, 15) is 4.79 Å². The first-order valence-corrected chi connectivity index (χ1v) is 7.01. The topological polar surface area (TPSA) is 77.5 Å². The number of nitrogens with zero attached hydrogens (tertiary/aromatic N) is 2. The summed E-state index contributed by atoms with van der Waals surface area (Å²) in [5, 5.41) is 14.3. The number of anilines is 2. The highest BCUT2D eigenvalue weighted by Gasteiger charge is 2.15. The Hall–Kier alpha value is -1.82. The molecule has 1 aliphatic heterocycles. The lowest BCUT2D eigenvalue weighted by atomic mass is 10.3. The number of aliphatic hydroxyl groups is 1. The van der Waals surface area contributed by atoms with Crippen LogP contribution in [0.15, 0.2) is 12.1 Å². The van der Waals surface area contributed by atoms with Crippen LogP contribution in [0.3, 0.4) is 0 Å². The molecule has 0 bridgehead atoms. The number of hydrogen-bond donors (Lipinski definition) is 3. The van der Waals surface area contributed by atoms with E-state index in [4.69, 9.17) is 5.11 Å². The van der Waals surface area contributed by atoms with E-state index in [0.29, 0.717) is 5.69 Å². The van der Waals surface area contributed by atoms with Crippen molar-refractivity contribution in [2.45, 2.75) is 32.7 Å². The number of amides is 2. The van der Waals surface area contributed by atoms with Gasteiger partial charge >= 0.3 is 6.03 Å². The third kappa shape index (κ3) is 3.60. The standard InChI is InChI=1S/C14H22N4O2/c1-10(9-19)15-14(20)17-12-5-6-13(16-11(12)2)18-7-3-4-8-18/h5-6,10,19H,3-4,7-9H2,1-2H3,(H2,15,17,20)/t10-/m0/s1. The van der Waals surface area contributed by atoms with E-state index >= 15 is 0 Å². The van der Waals surface area contributed by atoms with E-state index < -0.39 is 0 Å². The van der Waals surface area contributed by atoms with Crippen LogP contribution in [0, 0.1) is 6.92 Å². The highest BCUT2D eigenvalue weighted by Crippen LogP contribution is 2.21. The van der Waals surface area contributed by atoms with Crippen LogP contribution in [0.1, 0.15) is 25.5 Å². The fourth-order valence-electron chi connectivity index (χ4n) is 2.23. The molecule has 0 unspecified atom stereocenters. The number of pyridine rings is 1. The lowest BCUT2D eigenvalue weighted by Crippen LogP contribution is -2.38. The molecule has 1 atom stereocenters. The van der Waals surface area contributed by atoms with Crippen LogP contribution in [0.2, 0.25) is 0 Å². The zero-order valence-corrected chi connectivity index (χ0v) is 12.0. The van der Waals surface area contributed by atoms with Crippen LogP contribution < -0.4 is 15.5 Å². The van der Waals surface area contributed by atoms with Gasteiger partial charge in [0.25, 0.3) is 0 Å². The van der Waals surface area contributed by atoms with Crippen molar-refractivity contribution in [2.24, 2.45) is 0 Å². The van der Waals surface area contributed by atoms with E-state index in [0.717, 1.165) is 24.6 Å². The summed E-state index contributed by atoms with van der Waals surface area (Å²) < 4.78 is 0. The van der Waals surface area contributed by atoms with Gasteiger partial charge in [-0.05, 0) is 38.8 Å². The van der Waals surface area contributed by atoms with Crippen molar-refractivity contribution in [3.8, 4) is 0 Å².